The Bertz CT molecular complexity index is 1350. The molecule has 1 saturated heterocycles. The minimum atomic E-state index is -2.64. The molecular weight excluding hydrogens is 657 g/mol. The van der Waals surface area contributed by atoms with Crippen LogP contribution in [0.15, 0.2) is 72.8 Å². The van der Waals surface area contributed by atoms with Crippen molar-refractivity contribution in [3.8, 4) is 0 Å². The lowest BCUT2D eigenvalue weighted by atomic mass is 9.77. The van der Waals surface area contributed by atoms with Crippen molar-refractivity contribution in [1.29, 1.82) is 0 Å². The number of aliphatic hydroxyl groups is 1. The number of rotatable bonds is 22. The first-order chi connectivity index (χ1) is 23.9. The molecule has 1 unspecified atom stereocenters. The van der Waals surface area contributed by atoms with E-state index >= 15 is 0 Å². The molecule has 0 spiro atoms. The van der Waals surface area contributed by atoms with Gasteiger partial charge in [-0.2, -0.15) is 0 Å². The van der Waals surface area contributed by atoms with Gasteiger partial charge in [-0.1, -0.05) is 145 Å². The molecule has 0 bridgehead atoms. The van der Waals surface area contributed by atoms with Gasteiger partial charge in [-0.25, -0.2) is 13.6 Å². The van der Waals surface area contributed by atoms with Gasteiger partial charge in [0.05, 0.1) is 16.7 Å². The maximum atomic E-state index is 14.6. The molecule has 9 heteroatoms. The molecule has 2 amide bonds. The Labute approximate surface area is 302 Å². The highest BCUT2D eigenvalue weighted by atomic mass is 32.2. The molecular formula is C41H57F2NO5S. The van der Waals surface area contributed by atoms with Gasteiger partial charge in [-0.3, -0.25) is 14.5 Å². The van der Waals surface area contributed by atoms with Gasteiger partial charge in [0.25, 0.3) is 5.24 Å². The third-order valence-electron chi connectivity index (χ3n) is 9.83. The number of imide groups is 1. The van der Waals surface area contributed by atoms with Crippen LogP contribution in [0.1, 0.15) is 129 Å². The number of aliphatic carboxylic acids is 1. The third kappa shape index (κ3) is 10.3. The van der Waals surface area contributed by atoms with Crippen LogP contribution in [0.25, 0.3) is 0 Å². The highest BCUT2D eigenvalue weighted by Crippen LogP contribution is 2.56. The Morgan fingerprint density at radius 2 is 1.36 bits per heavy atom. The van der Waals surface area contributed by atoms with Crippen LogP contribution in [-0.4, -0.2) is 49.8 Å². The van der Waals surface area contributed by atoms with E-state index in [1.165, 1.54) is 11.0 Å². The summed E-state index contributed by atoms with van der Waals surface area (Å²) in [6.07, 6.45) is 10.6. The SMILES string of the molecule is CCCCCCCC(F)(F)CCCCCCC=C[C@H](C(=O)N1C(=O)SC(c2ccccc2)(c2ccccc2)C1C(C)C)[C@@](O)(CCC)C(=O)O. The second-order valence-corrected chi connectivity index (χ2v) is 15.3. The molecule has 1 fully saturated rings. The number of carbonyl (C=O) groups is 3. The first-order valence-corrected chi connectivity index (χ1v) is 19.3. The van der Waals surface area contributed by atoms with Crippen LogP contribution in [0.5, 0.6) is 0 Å². The minimum Gasteiger partial charge on any atom is -0.479 e. The molecule has 0 aliphatic carbocycles. The fourth-order valence-electron chi connectivity index (χ4n) is 7.25. The van der Waals surface area contributed by atoms with E-state index < -0.39 is 45.3 Å². The lowest BCUT2D eigenvalue weighted by Crippen LogP contribution is -2.56. The zero-order valence-corrected chi connectivity index (χ0v) is 31.1. The Morgan fingerprint density at radius 3 is 1.84 bits per heavy atom. The zero-order valence-electron chi connectivity index (χ0n) is 30.3. The second kappa shape index (κ2) is 19.5. The molecule has 2 aromatic carbocycles. The number of halogens is 2. The zero-order chi connectivity index (χ0) is 36.8. The van der Waals surface area contributed by atoms with Crippen LogP contribution in [0.3, 0.4) is 0 Å². The average Bonchev–Trinajstić information content (AvgIpc) is 3.42. The topological polar surface area (TPSA) is 94.9 Å². The maximum absolute atomic E-state index is 14.6. The summed E-state index contributed by atoms with van der Waals surface area (Å²) in [5.41, 5.74) is -0.739. The molecule has 0 saturated carbocycles. The quantitative estimate of drug-likeness (QED) is 0.0932. The Balaban J connectivity index is 1.80. The van der Waals surface area contributed by atoms with E-state index in [9.17, 15) is 33.4 Å². The number of thioether (sulfide) groups is 1. The summed E-state index contributed by atoms with van der Waals surface area (Å²) in [4.78, 5) is 42.5. The van der Waals surface area contributed by atoms with Crippen LogP contribution in [0.2, 0.25) is 0 Å². The van der Waals surface area contributed by atoms with E-state index in [2.05, 4.69) is 6.92 Å². The van der Waals surface area contributed by atoms with Crippen LogP contribution in [0.4, 0.5) is 13.6 Å². The van der Waals surface area contributed by atoms with E-state index in [0.29, 0.717) is 44.9 Å². The van der Waals surface area contributed by atoms with Gasteiger partial charge >= 0.3 is 5.97 Å². The van der Waals surface area contributed by atoms with Crippen molar-refractivity contribution in [1.82, 2.24) is 4.90 Å². The van der Waals surface area contributed by atoms with Crippen LogP contribution in [0, 0.1) is 11.8 Å². The summed E-state index contributed by atoms with van der Waals surface area (Å²) in [5, 5.41) is 21.4. The predicted octanol–water partition coefficient (Wildman–Crippen LogP) is 10.8. The van der Waals surface area contributed by atoms with Crippen molar-refractivity contribution in [3.05, 3.63) is 83.9 Å². The van der Waals surface area contributed by atoms with Gasteiger partial charge in [0.1, 0.15) is 0 Å². The van der Waals surface area contributed by atoms with Gasteiger partial charge in [0.15, 0.2) is 5.60 Å². The fraction of sp³-hybridized carbons (Fsp3) is 0.585. The number of hydrogen-bond donors (Lipinski definition) is 2. The maximum Gasteiger partial charge on any atom is 0.336 e. The van der Waals surface area contributed by atoms with Crippen LogP contribution >= 0.6 is 11.8 Å². The van der Waals surface area contributed by atoms with E-state index in [0.717, 1.165) is 48.6 Å². The standard InChI is InChI=1S/C41H57F2NO5S/c1-5-7-8-12-21-29-39(42,43)30-22-13-10-9-11-20-27-34(40(49,28-6-2)37(46)47)36(45)44-35(31(3)4)41(50-38(44)48,32-23-16-14-17-24-32)33-25-18-15-19-26-33/h14-20,23-27,31,34-35,49H,5-13,21-22,28-30H2,1-4H3,(H,46,47)/t34-,35?,40+/m1/s1. The highest BCUT2D eigenvalue weighted by Gasteiger charge is 2.60. The summed E-state index contributed by atoms with van der Waals surface area (Å²) < 4.78 is 27.6. The van der Waals surface area contributed by atoms with Crippen molar-refractivity contribution < 1.29 is 33.4 Å². The molecule has 3 rings (SSSR count). The number of amides is 2. The van der Waals surface area contributed by atoms with Gasteiger partial charge in [0.2, 0.25) is 11.8 Å². The number of unbranched alkanes of at least 4 members (excludes halogenated alkanes) is 8. The number of nitrogens with zero attached hydrogens (tertiary/aromatic N) is 1. The van der Waals surface area contributed by atoms with Gasteiger partial charge in [-0.05, 0) is 60.9 Å². The number of hydrogen-bond acceptors (Lipinski definition) is 5. The molecule has 0 aromatic heterocycles. The molecule has 2 aromatic rings. The van der Waals surface area contributed by atoms with Crippen LogP contribution < -0.4 is 0 Å². The smallest absolute Gasteiger partial charge is 0.336 e. The molecule has 3 atom stereocenters. The minimum absolute atomic E-state index is 0.0629. The summed E-state index contributed by atoms with van der Waals surface area (Å²) in [5.74, 6) is -6.64. The lowest BCUT2D eigenvalue weighted by Gasteiger charge is -2.41. The van der Waals surface area contributed by atoms with E-state index in [1.807, 2.05) is 74.5 Å². The van der Waals surface area contributed by atoms with E-state index in [1.54, 1.807) is 13.0 Å². The van der Waals surface area contributed by atoms with Crippen molar-refractivity contribution >= 4 is 28.9 Å². The molecule has 1 aliphatic rings. The van der Waals surface area contributed by atoms with Gasteiger partial charge < -0.3 is 10.2 Å². The fourth-order valence-corrected chi connectivity index (χ4v) is 8.83. The molecule has 6 nitrogen and oxygen atoms in total. The van der Waals surface area contributed by atoms with Crippen molar-refractivity contribution in [2.45, 2.75) is 140 Å². The van der Waals surface area contributed by atoms with Crippen molar-refractivity contribution in [2.75, 3.05) is 0 Å². The molecule has 50 heavy (non-hydrogen) atoms. The number of alkyl halides is 2. The molecule has 276 valence electrons. The number of benzene rings is 2. The lowest BCUT2D eigenvalue weighted by molar-refractivity contribution is -0.169. The monoisotopic (exact) mass is 713 g/mol. The average molecular weight is 714 g/mol. The largest absolute Gasteiger partial charge is 0.479 e. The summed E-state index contributed by atoms with van der Waals surface area (Å²) in [6, 6.07) is 18.4. The second-order valence-electron chi connectivity index (χ2n) is 14.1. The van der Waals surface area contributed by atoms with Gasteiger partial charge in [-0.15, -0.1) is 0 Å². The molecule has 0 radical (unpaired) electrons. The summed E-state index contributed by atoms with van der Waals surface area (Å²) in [7, 11) is 0. The molecule has 2 N–H and O–H groups in total. The Morgan fingerprint density at radius 1 is 0.840 bits per heavy atom. The number of carbonyl (C=O) groups excluding carboxylic acids is 2. The predicted molar refractivity (Wildman–Crippen MR) is 198 cm³/mol. The highest BCUT2D eigenvalue weighted by molar-refractivity contribution is 8.15. The molecule has 1 aliphatic heterocycles. The van der Waals surface area contributed by atoms with Crippen LogP contribution in [-0.2, 0) is 14.3 Å². The van der Waals surface area contributed by atoms with Crippen molar-refractivity contribution in [3.63, 3.8) is 0 Å². The first-order valence-electron chi connectivity index (χ1n) is 18.5. The van der Waals surface area contributed by atoms with E-state index in [4.69, 9.17) is 0 Å². The van der Waals surface area contributed by atoms with Crippen molar-refractivity contribution in [2.24, 2.45) is 11.8 Å². The number of allylic oxidation sites excluding steroid dienone is 1. The Hall–Kier alpha value is -3.04. The molecule has 1 heterocycles. The van der Waals surface area contributed by atoms with Gasteiger partial charge in [0, 0.05) is 12.8 Å². The summed E-state index contributed by atoms with van der Waals surface area (Å²) >= 11 is 1.05. The Kier molecular flexibility index (Phi) is 16.2. The first kappa shape index (κ1) is 41.4. The number of carboxylic acid groups (broad SMARTS) is 1. The summed E-state index contributed by atoms with van der Waals surface area (Å²) in [6.45, 7) is 7.71. The normalized spacial score (nSPS) is 18.1. The number of carboxylic acids is 1. The van der Waals surface area contributed by atoms with E-state index in [-0.39, 0.29) is 25.2 Å². The third-order valence-corrected chi connectivity index (χ3v) is 11.2.